The Morgan fingerprint density at radius 3 is 2.79 bits per heavy atom. The van der Waals surface area contributed by atoms with Crippen LogP contribution in [-0.2, 0) is 4.79 Å². The second-order valence-electron chi connectivity index (χ2n) is 6.82. The third-order valence-electron chi connectivity index (χ3n) is 4.56. The van der Waals surface area contributed by atoms with Crippen LogP contribution in [0.1, 0.15) is 5.56 Å². The molecule has 1 amide bonds. The summed E-state index contributed by atoms with van der Waals surface area (Å²) in [6.07, 6.45) is 0. The van der Waals surface area contributed by atoms with Gasteiger partial charge in [0, 0.05) is 21.0 Å². The third kappa shape index (κ3) is 5.53. The topological polar surface area (TPSA) is 121 Å². The van der Waals surface area contributed by atoms with Crippen molar-refractivity contribution in [1.29, 1.82) is 5.26 Å². The molecule has 0 unspecified atom stereocenters. The monoisotopic (exact) mass is 553 g/mol. The Hall–Kier alpha value is -3.46. The van der Waals surface area contributed by atoms with Gasteiger partial charge in [-0.1, -0.05) is 52.0 Å². The van der Waals surface area contributed by atoms with Crippen molar-refractivity contribution in [3.63, 3.8) is 0 Å². The van der Waals surface area contributed by atoms with Crippen LogP contribution in [-0.4, -0.2) is 33.7 Å². The highest BCUT2D eigenvalue weighted by molar-refractivity contribution is 9.10. The van der Waals surface area contributed by atoms with Gasteiger partial charge in [0.25, 0.3) is 5.56 Å². The van der Waals surface area contributed by atoms with Crippen LogP contribution in [0.3, 0.4) is 0 Å². The zero-order valence-corrected chi connectivity index (χ0v) is 20.9. The number of hydrogen-bond donors (Lipinski definition) is 2. The van der Waals surface area contributed by atoms with Gasteiger partial charge in [-0.3, -0.25) is 9.59 Å². The van der Waals surface area contributed by atoms with E-state index < -0.39 is 5.56 Å². The second-order valence-corrected chi connectivity index (χ2v) is 9.56. The molecule has 2 N–H and O–H groups in total. The van der Waals surface area contributed by atoms with Crippen molar-refractivity contribution in [2.45, 2.75) is 5.16 Å². The Labute approximate surface area is 211 Å². The van der Waals surface area contributed by atoms with Gasteiger partial charge in [-0.05, 0) is 24.3 Å². The van der Waals surface area contributed by atoms with Gasteiger partial charge >= 0.3 is 0 Å². The summed E-state index contributed by atoms with van der Waals surface area (Å²) in [6, 6.07) is 16.5. The fourth-order valence-corrected chi connectivity index (χ4v) is 4.80. The number of thioether (sulfide) groups is 1. The number of ether oxygens (including phenoxy) is 1. The van der Waals surface area contributed by atoms with Gasteiger partial charge in [0.2, 0.25) is 5.91 Å². The van der Waals surface area contributed by atoms with Crippen molar-refractivity contribution in [3.05, 3.63) is 74.3 Å². The fourth-order valence-electron chi connectivity index (χ4n) is 3.00. The number of benzene rings is 2. The lowest BCUT2D eigenvalue weighted by Crippen LogP contribution is -2.17. The Balaban J connectivity index is 1.47. The predicted molar refractivity (Wildman–Crippen MR) is 136 cm³/mol. The molecular formula is C23H16BrN5O3S2. The minimum Gasteiger partial charge on any atom is -0.497 e. The number of aromatic amines is 1. The Morgan fingerprint density at radius 1 is 1.24 bits per heavy atom. The molecule has 0 aliphatic carbocycles. The molecule has 34 heavy (non-hydrogen) atoms. The van der Waals surface area contributed by atoms with Gasteiger partial charge in [-0.2, -0.15) is 5.26 Å². The van der Waals surface area contributed by atoms with Crippen molar-refractivity contribution in [3.8, 4) is 34.3 Å². The molecule has 0 atom stereocenters. The van der Waals surface area contributed by atoms with E-state index in [1.807, 2.05) is 35.7 Å². The molecule has 0 radical (unpaired) electrons. The van der Waals surface area contributed by atoms with E-state index in [2.05, 4.69) is 36.2 Å². The van der Waals surface area contributed by atoms with Gasteiger partial charge in [0.05, 0.1) is 24.3 Å². The third-order valence-corrected chi connectivity index (χ3v) is 6.69. The van der Waals surface area contributed by atoms with Crippen LogP contribution in [0.25, 0.3) is 22.5 Å². The number of methoxy groups -OCH3 is 1. The summed E-state index contributed by atoms with van der Waals surface area (Å²) in [7, 11) is 1.53. The first kappa shape index (κ1) is 23.7. The molecule has 0 saturated heterocycles. The van der Waals surface area contributed by atoms with Crippen molar-refractivity contribution < 1.29 is 9.53 Å². The number of nitriles is 1. The number of aromatic nitrogens is 3. The van der Waals surface area contributed by atoms with E-state index in [1.165, 1.54) is 18.4 Å². The number of H-pyrrole nitrogens is 1. The molecule has 0 spiro atoms. The SMILES string of the molecule is COc1cccc(-c2nc(SCC(=O)Nc3nc(-c4cccc(Br)c4)cs3)[nH]c(=O)c2C#N)c1. The largest absolute Gasteiger partial charge is 0.497 e. The van der Waals surface area contributed by atoms with Crippen molar-refractivity contribution in [1.82, 2.24) is 15.0 Å². The number of halogens is 1. The number of hydrogen-bond acceptors (Lipinski definition) is 8. The van der Waals surface area contributed by atoms with E-state index in [-0.39, 0.29) is 28.1 Å². The standard InChI is InChI=1S/C23H16BrN5O3S2/c1-32-16-7-3-5-14(9-16)20-17(10-25)21(31)29-23(28-20)34-12-19(30)27-22-26-18(11-33-22)13-4-2-6-15(24)8-13/h2-9,11H,12H2,1H3,(H,26,27,30)(H,28,29,31). The zero-order valence-electron chi connectivity index (χ0n) is 17.7. The van der Waals surface area contributed by atoms with E-state index in [0.29, 0.717) is 16.4 Å². The first-order valence-electron chi connectivity index (χ1n) is 9.80. The number of nitrogens with one attached hydrogen (secondary N) is 2. The normalized spacial score (nSPS) is 10.5. The lowest BCUT2D eigenvalue weighted by atomic mass is 10.1. The molecule has 2 aromatic carbocycles. The average molecular weight is 554 g/mol. The smallest absolute Gasteiger partial charge is 0.270 e. The highest BCUT2D eigenvalue weighted by atomic mass is 79.9. The maximum atomic E-state index is 12.5. The first-order chi connectivity index (χ1) is 16.5. The van der Waals surface area contributed by atoms with Crippen LogP contribution in [0.4, 0.5) is 5.13 Å². The van der Waals surface area contributed by atoms with Crippen LogP contribution in [0, 0.1) is 11.3 Å². The van der Waals surface area contributed by atoms with Gasteiger partial charge < -0.3 is 15.0 Å². The predicted octanol–water partition coefficient (Wildman–Crippen LogP) is 4.93. The highest BCUT2D eigenvalue weighted by Crippen LogP contribution is 2.28. The molecule has 0 saturated carbocycles. The van der Waals surface area contributed by atoms with Crippen LogP contribution < -0.4 is 15.6 Å². The van der Waals surface area contributed by atoms with Crippen molar-refractivity contribution >= 4 is 50.1 Å². The van der Waals surface area contributed by atoms with E-state index in [1.54, 1.807) is 24.3 Å². The summed E-state index contributed by atoms with van der Waals surface area (Å²) in [4.78, 5) is 36.3. The highest BCUT2D eigenvalue weighted by Gasteiger charge is 2.16. The molecule has 8 nitrogen and oxygen atoms in total. The summed E-state index contributed by atoms with van der Waals surface area (Å²) in [5, 5.41) is 14.8. The van der Waals surface area contributed by atoms with Crippen molar-refractivity contribution in [2.24, 2.45) is 0 Å². The molecule has 4 rings (SSSR count). The minimum atomic E-state index is -0.572. The number of thiazole rings is 1. The molecular weight excluding hydrogens is 538 g/mol. The van der Waals surface area contributed by atoms with Crippen LogP contribution in [0.2, 0.25) is 0 Å². The number of anilines is 1. The molecule has 170 valence electrons. The number of rotatable bonds is 7. The van der Waals surface area contributed by atoms with Crippen LogP contribution in [0.15, 0.2) is 68.3 Å². The summed E-state index contributed by atoms with van der Waals surface area (Å²) in [6.45, 7) is 0. The van der Waals surface area contributed by atoms with Crippen LogP contribution in [0.5, 0.6) is 5.75 Å². The maximum absolute atomic E-state index is 12.5. The number of carbonyl (C=O) groups is 1. The zero-order chi connectivity index (χ0) is 24.1. The molecule has 11 heteroatoms. The summed E-state index contributed by atoms with van der Waals surface area (Å²) in [5.41, 5.74) is 1.81. The van der Waals surface area contributed by atoms with Crippen LogP contribution >= 0.6 is 39.0 Å². The first-order valence-corrected chi connectivity index (χ1v) is 12.5. The quantitative estimate of drug-likeness (QED) is 0.245. The summed E-state index contributed by atoms with van der Waals surface area (Å²) < 4.78 is 6.16. The van der Waals surface area contributed by atoms with E-state index in [9.17, 15) is 14.9 Å². The average Bonchev–Trinajstić information content (AvgIpc) is 3.31. The number of amides is 1. The molecule has 2 aromatic heterocycles. The van der Waals surface area contributed by atoms with Gasteiger partial charge in [-0.25, -0.2) is 9.97 Å². The van der Waals surface area contributed by atoms with Gasteiger partial charge in [-0.15, -0.1) is 11.3 Å². The maximum Gasteiger partial charge on any atom is 0.270 e. The Bertz CT molecular complexity index is 1460. The molecule has 0 bridgehead atoms. The molecule has 2 heterocycles. The second kappa shape index (κ2) is 10.6. The number of nitrogens with zero attached hydrogens (tertiary/aromatic N) is 3. The molecule has 0 aliphatic rings. The Kier molecular flexibility index (Phi) is 7.42. The molecule has 4 aromatic rings. The Morgan fingerprint density at radius 2 is 2.03 bits per heavy atom. The van der Waals surface area contributed by atoms with E-state index in [4.69, 9.17) is 4.74 Å². The fraction of sp³-hybridized carbons (Fsp3) is 0.0870. The van der Waals surface area contributed by atoms with Gasteiger partial charge in [0.15, 0.2) is 10.3 Å². The van der Waals surface area contributed by atoms with E-state index in [0.717, 1.165) is 27.5 Å². The molecule has 0 aliphatic heterocycles. The minimum absolute atomic E-state index is 0.00180. The van der Waals surface area contributed by atoms with E-state index >= 15 is 0 Å². The number of carbonyl (C=O) groups excluding carboxylic acids is 1. The summed E-state index contributed by atoms with van der Waals surface area (Å²) >= 11 is 5.82. The van der Waals surface area contributed by atoms with Gasteiger partial charge in [0.1, 0.15) is 17.4 Å². The summed E-state index contributed by atoms with van der Waals surface area (Å²) in [5.74, 6) is 0.274. The lowest BCUT2D eigenvalue weighted by Gasteiger charge is -2.08. The molecule has 0 fully saturated rings. The van der Waals surface area contributed by atoms with Crippen molar-refractivity contribution in [2.75, 3.05) is 18.2 Å². The lowest BCUT2D eigenvalue weighted by molar-refractivity contribution is -0.113.